The molecule has 2 aromatic rings. The Kier molecular flexibility index (Phi) is 3.95. The summed E-state index contributed by atoms with van der Waals surface area (Å²) in [4.78, 5) is 30.6. The van der Waals surface area contributed by atoms with Crippen LogP contribution in [0.4, 0.5) is 11.8 Å². The Labute approximate surface area is 128 Å². The molecule has 0 spiro atoms. The lowest BCUT2D eigenvalue weighted by Gasteiger charge is -2.14. The normalized spacial score (nSPS) is 17.5. The molecule has 22 heavy (non-hydrogen) atoms. The van der Waals surface area contributed by atoms with Gasteiger partial charge >= 0.3 is 0 Å². The zero-order valence-electron chi connectivity index (χ0n) is 12.7. The summed E-state index contributed by atoms with van der Waals surface area (Å²) in [6, 6.07) is 3.62. The molecule has 3 rings (SSSR count). The van der Waals surface area contributed by atoms with E-state index < -0.39 is 0 Å². The van der Waals surface area contributed by atoms with Crippen LogP contribution in [0.25, 0.3) is 0 Å². The number of hydrogen-bond donors (Lipinski definition) is 1. The van der Waals surface area contributed by atoms with E-state index in [0.29, 0.717) is 18.3 Å². The summed E-state index contributed by atoms with van der Waals surface area (Å²) in [5.41, 5.74) is 0.879. The van der Waals surface area contributed by atoms with Crippen LogP contribution in [0.1, 0.15) is 30.8 Å². The Balaban J connectivity index is 1.80. The van der Waals surface area contributed by atoms with E-state index in [1.54, 1.807) is 25.4 Å². The molecule has 1 saturated heterocycles. The van der Waals surface area contributed by atoms with Gasteiger partial charge in [0.15, 0.2) is 0 Å². The third kappa shape index (κ3) is 3.19. The van der Waals surface area contributed by atoms with Crippen molar-refractivity contribution in [3.63, 3.8) is 0 Å². The maximum atomic E-state index is 11.5. The Bertz CT molecular complexity index is 675. The predicted octanol–water partition coefficient (Wildman–Crippen LogP) is 1.65. The first kappa shape index (κ1) is 14.4. The van der Waals surface area contributed by atoms with E-state index in [9.17, 15) is 4.79 Å². The molecule has 0 unspecified atom stereocenters. The maximum absolute atomic E-state index is 11.5. The third-order valence-electron chi connectivity index (χ3n) is 3.68. The number of nitrogens with one attached hydrogen (secondary N) is 1. The fourth-order valence-electron chi connectivity index (χ4n) is 2.57. The van der Waals surface area contributed by atoms with E-state index in [4.69, 9.17) is 0 Å². The highest BCUT2D eigenvalue weighted by molar-refractivity contribution is 5.73. The Morgan fingerprint density at radius 2 is 2.09 bits per heavy atom. The van der Waals surface area contributed by atoms with Gasteiger partial charge in [-0.05, 0) is 19.4 Å². The molecule has 0 aromatic carbocycles. The van der Waals surface area contributed by atoms with E-state index >= 15 is 0 Å². The van der Waals surface area contributed by atoms with Gasteiger partial charge in [-0.3, -0.25) is 4.79 Å². The van der Waals surface area contributed by atoms with Gasteiger partial charge in [0.05, 0.1) is 0 Å². The number of aryl methyl sites for hydroxylation is 1. The second-order valence-corrected chi connectivity index (χ2v) is 5.40. The lowest BCUT2D eigenvalue weighted by molar-refractivity contribution is -0.127. The van der Waals surface area contributed by atoms with Crippen molar-refractivity contribution >= 4 is 17.7 Å². The van der Waals surface area contributed by atoms with Gasteiger partial charge in [0.2, 0.25) is 11.9 Å². The van der Waals surface area contributed by atoms with Crippen LogP contribution in [-0.2, 0) is 4.79 Å². The molecular formula is C15H18N6O. The first-order chi connectivity index (χ1) is 10.6. The summed E-state index contributed by atoms with van der Waals surface area (Å²) in [6.07, 6.45) is 4.24. The fraction of sp³-hybridized carbons (Fsp3) is 0.400. The van der Waals surface area contributed by atoms with Crippen LogP contribution >= 0.6 is 0 Å². The smallest absolute Gasteiger partial charge is 0.228 e. The Morgan fingerprint density at radius 1 is 1.32 bits per heavy atom. The van der Waals surface area contributed by atoms with Gasteiger partial charge in [-0.25, -0.2) is 19.9 Å². The number of nitrogens with zero attached hydrogens (tertiary/aromatic N) is 5. The summed E-state index contributed by atoms with van der Waals surface area (Å²) in [5.74, 6) is 2.23. The molecule has 1 aliphatic rings. The highest BCUT2D eigenvalue weighted by Gasteiger charge is 2.27. The van der Waals surface area contributed by atoms with Crippen LogP contribution in [0, 0.1) is 6.92 Å². The number of amides is 1. The van der Waals surface area contributed by atoms with Gasteiger partial charge in [0, 0.05) is 50.1 Å². The molecule has 2 aromatic heterocycles. The van der Waals surface area contributed by atoms with E-state index in [1.807, 2.05) is 17.9 Å². The first-order valence-corrected chi connectivity index (χ1v) is 7.27. The summed E-state index contributed by atoms with van der Waals surface area (Å²) in [5, 5.41) is 3.09. The number of anilines is 2. The molecule has 1 N–H and O–H groups in total. The van der Waals surface area contributed by atoms with Crippen molar-refractivity contribution in [3.05, 3.63) is 36.0 Å². The van der Waals surface area contributed by atoms with Gasteiger partial charge < -0.3 is 10.2 Å². The minimum atomic E-state index is 0.103. The number of carbonyl (C=O) groups excluding carboxylic acids is 1. The lowest BCUT2D eigenvalue weighted by atomic mass is 10.1. The van der Waals surface area contributed by atoms with Crippen molar-refractivity contribution in [1.29, 1.82) is 0 Å². The minimum absolute atomic E-state index is 0.103. The molecule has 1 aliphatic heterocycles. The predicted molar refractivity (Wildman–Crippen MR) is 81.7 cm³/mol. The van der Waals surface area contributed by atoms with Gasteiger partial charge in [0.25, 0.3) is 0 Å². The van der Waals surface area contributed by atoms with Crippen molar-refractivity contribution in [2.75, 3.05) is 18.4 Å². The topological polar surface area (TPSA) is 83.9 Å². The van der Waals surface area contributed by atoms with E-state index in [2.05, 4.69) is 25.3 Å². The zero-order valence-corrected chi connectivity index (χ0v) is 12.7. The zero-order chi connectivity index (χ0) is 15.5. The average Bonchev–Trinajstić information content (AvgIpc) is 2.98. The van der Waals surface area contributed by atoms with Gasteiger partial charge in [-0.15, -0.1) is 0 Å². The van der Waals surface area contributed by atoms with Crippen LogP contribution in [0.3, 0.4) is 0 Å². The molecular weight excluding hydrogens is 280 g/mol. The monoisotopic (exact) mass is 298 g/mol. The van der Waals surface area contributed by atoms with Crippen LogP contribution in [0.2, 0.25) is 0 Å². The van der Waals surface area contributed by atoms with Crippen LogP contribution in [-0.4, -0.2) is 43.8 Å². The minimum Gasteiger partial charge on any atom is -0.342 e. The molecule has 0 bridgehead atoms. The molecule has 7 heteroatoms. The summed E-state index contributed by atoms with van der Waals surface area (Å²) in [7, 11) is 0. The number of likely N-dealkylation sites (tertiary alicyclic amines) is 1. The molecule has 0 radical (unpaired) electrons. The van der Waals surface area contributed by atoms with Crippen LogP contribution in [0.5, 0.6) is 0 Å². The largest absolute Gasteiger partial charge is 0.342 e. The van der Waals surface area contributed by atoms with Crippen molar-refractivity contribution in [3.8, 4) is 0 Å². The van der Waals surface area contributed by atoms with E-state index in [0.717, 1.165) is 24.5 Å². The third-order valence-corrected chi connectivity index (χ3v) is 3.68. The van der Waals surface area contributed by atoms with E-state index in [1.165, 1.54) is 0 Å². The van der Waals surface area contributed by atoms with Crippen molar-refractivity contribution in [2.45, 2.75) is 26.2 Å². The first-order valence-electron chi connectivity index (χ1n) is 7.27. The Hall–Kier alpha value is -2.57. The SMILES string of the molecule is CC(=O)N1CC[C@@H](c2nc(C)cc(Nc3ncccn3)n2)C1. The van der Waals surface area contributed by atoms with Crippen molar-refractivity contribution in [1.82, 2.24) is 24.8 Å². The highest BCUT2D eigenvalue weighted by atomic mass is 16.2. The number of hydrogen-bond acceptors (Lipinski definition) is 6. The summed E-state index contributed by atoms with van der Waals surface area (Å²) < 4.78 is 0. The summed E-state index contributed by atoms with van der Waals surface area (Å²) >= 11 is 0. The second kappa shape index (κ2) is 6.05. The maximum Gasteiger partial charge on any atom is 0.228 e. The van der Waals surface area contributed by atoms with E-state index in [-0.39, 0.29) is 11.8 Å². The molecule has 1 amide bonds. The number of rotatable bonds is 3. The molecule has 0 aliphatic carbocycles. The molecule has 114 valence electrons. The Morgan fingerprint density at radius 3 is 2.77 bits per heavy atom. The second-order valence-electron chi connectivity index (χ2n) is 5.40. The van der Waals surface area contributed by atoms with Gasteiger partial charge in [0.1, 0.15) is 11.6 Å². The van der Waals surface area contributed by atoms with Crippen LogP contribution < -0.4 is 5.32 Å². The highest BCUT2D eigenvalue weighted by Crippen LogP contribution is 2.26. The molecule has 7 nitrogen and oxygen atoms in total. The fourth-order valence-corrected chi connectivity index (χ4v) is 2.57. The standard InChI is InChI=1S/C15H18N6O/c1-10-8-13(20-15-16-5-3-6-17-15)19-14(18-10)12-4-7-21(9-12)11(2)22/h3,5-6,8,12H,4,7,9H2,1-2H3,(H,16,17,18,19,20)/t12-/m1/s1. The average molecular weight is 298 g/mol. The number of aromatic nitrogens is 4. The number of carbonyl (C=O) groups is 1. The van der Waals surface area contributed by atoms with Crippen LogP contribution in [0.15, 0.2) is 24.5 Å². The van der Waals surface area contributed by atoms with Crippen molar-refractivity contribution in [2.24, 2.45) is 0 Å². The van der Waals surface area contributed by atoms with Crippen molar-refractivity contribution < 1.29 is 4.79 Å². The quantitative estimate of drug-likeness (QED) is 0.927. The lowest BCUT2D eigenvalue weighted by Crippen LogP contribution is -2.25. The van der Waals surface area contributed by atoms with Gasteiger partial charge in [-0.1, -0.05) is 0 Å². The van der Waals surface area contributed by atoms with Gasteiger partial charge in [-0.2, -0.15) is 0 Å². The molecule has 3 heterocycles. The summed E-state index contributed by atoms with van der Waals surface area (Å²) in [6.45, 7) is 4.97. The molecule has 1 fully saturated rings. The molecule has 1 atom stereocenters. The molecule has 0 saturated carbocycles.